The molecule has 1 N–H and O–H groups in total. The first kappa shape index (κ1) is 14.0. The molecule has 98 valence electrons. The number of carboxylic acids is 1. The molecule has 0 spiro atoms. The van der Waals surface area contributed by atoms with Crippen molar-refractivity contribution in [2.75, 3.05) is 27.3 Å². The van der Waals surface area contributed by atoms with Crippen molar-refractivity contribution in [2.24, 2.45) is 17.3 Å². The molecular weight excluding hydrogens is 222 g/mol. The zero-order valence-electron chi connectivity index (χ0n) is 10.9. The molecule has 5 nitrogen and oxygen atoms in total. The van der Waals surface area contributed by atoms with Gasteiger partial charge in [-0.2, -0.15) is 0 Å². The first-order chi connectivity index (χ1) is 7.84. The Morgan fingerprint density at radius 2 is 1.94 bits per heavy atom. The fourth-order valence-electron chi connectivity index (χ4n) is 2.35. The zero-order chi connectivity index (χ0) is 13.2. The van der Waals surface area contributed by atoms with E-state index in [4.69, 9.17) is 9.84 Å². The Bertz CT molecular complexity index is 314. The summed E-state index contributed by atoms with van der Waals surface area (Å²) in [6.45, 7) is 4.87. The minimum atomic E-state index is -0.876. The molecule has 1 fully saturated rings. The highest BCUT2D eigenvalue weighted by Crippen LogP contribution is 2.58. The van der Waals surface area contributed by atoms with Gasteiger partial charge < -0.3 is 14.7 Å². The lowest BCUT2D eigenvalue weighted by atomic mass is 10.1. The number of carboxylic acid groups (broad SMARTS) is 1. The van der Waals surface area contributed by atoms with Gasteiger partial charge in [-0.25, -0.2) is 0 Å². The van der Waals surface area contributed by atoms with E-state index in [2.05, 4.69) is 0 Å². The summed E-state index contributed by atoms with van der Waals surface area (Å²) in [5.41, 5.74) is -0.418. The number of hydrogen-bond donors (Lipinski definition) is 1. The molecular formula is C12H21NO4. The van der Waals surface area contributed by atoms with E-state index in [1.165, 1.54) is 0 Å². The molecule has 1 aliphatic rings. The first-order valence-corrected chi connectivity index (χ1v) is 5.80. The predicted molar refractivity (Wildman–Crippen MR) is 62.5 cm³/mol. The van der Waals surface area contributed by atoms with Crippen molar-refractivity contribution < 1.29 is 19.4 Å². The Labute approximate surface area is 102 Å². The average Bonchev–Trinajstić information content (AvgIpc) is 2.80. The predicted octanol–water partition coefficient (Wildman–Crippen LogP) is 0.838. The third kappa shape index (κ3) is 2.77. The van der Waals surface area contributed by atoms with Crippen molar-refractivity contribution in [1.82, 2.24) is 4.90 Å². The van der Waals surface area contributed by atoms with Crippen LogP contribution in [0.5, 0.6) is 0 Å². The van der Waals surface area contributed by atoms with Gasteiger partial charge in [0.1, 0.15) is 0 Å². The van der Waals surface area contributed by atoms with E-state index in [0.717, 1.165) is 6.42 Å². The number of aliphatic carboxylic acids is 1. The highest BCUT2D eigenvalue weighted by atomic mass is 16.5. The number of methoxy groups -OCH3 is 1. The van der Waals surface area contributed by atoms with E-state index in [1.807, 2.05) is 13.8 Å². The Hall–Kier alpha value is -1.10. The summed E-state index contributed by atoms with van der Waals surface area (Å²) in [4.78, 5) is 24.6. The Morgan fingerprint density at radius 1 is 1.35 bits per heavy atom. The molecule has 0 radical (unpaired) electrons. The lowest BCUT2D eigenvalue weighted by Crippen LogP contribution is -2.31. The second kappa shape index (κ2) is 5.04. The summed E-state index contributed by atoms with van der Waals surface area (Å²) in [6, 6.07) is 0. The molecule has 1 amide bonds. The van der Waals surface area contributed by atoms with Crippen LogP contribution in [0.25, 0.3) is 0 Å². The van der Waals surface area contributed by atoms with E-state index in [0.29, 0.717) is 13.2 Å². The van der Waals surface area contributed by atoms with Crippen molar-refractivity contribution in [3.05, 3.63) is 0 Å². The molecule has 1 rings (SSSR count). The molecule has 0 aromatic heterocycles. The van der Waals surface area contributed by atoms with Crippen molar-refractivity contribution in [2.45, 2.75) is 20.3 Å². The average molecular weight is 243 g/mol. The molecule has 0 unspecified atom stereocenters. The number of hydrogen-bond acceptors (Lipinski definition) is 3. The Kier molecular flexibility index (Phi) is 4.14. The maximum Gasteiger partial charge on any atom is 0.307 e. The molecule has 0 bridgehead atoms. The van der Waals surface area contributed by atoms with Gasteiger partial charge in [0.15, 0.2) is 0 Å². The maximum absolute atomic E-state index is 12.1. The van der Waals surface area contributed by atoms with Gasteiger partial charge in [0.05, 0.1) is 11.8 Å². The molecule has 0 aliphatic heterocycles. The van der Waals surface area contributed by atoms with Crippen LogP contribution in [0.4, 0.5) is 0 Å². The molecule has 2 atom stereocenters. The number of carbonyl (C=O) groups is 2. The van der Waals surface area contributed by atoms with Gasteiger partial charge in [-0.1, -0.05) is 13.8 Å². The molecule has 1 aliphatic carbocycles. The van der Waals surface area contributed by atoms with Crippen molar-refractivity contribution in [3.8, 4) is 0 Å². The van der Waals surface area contributed by atoms with Crippen LogP contribution in [0.1, 0.15) is 20.3 Å². The van der Waals surface area contributed by atoms with E-state index in [1.54, 1.807) is 19.1 Å². The molecule has 1 saturated carbocycles. The van der Waals surface area contributed by atoms with Crippen LogP contribution in [0.3, 0.4) is 0 Å². The van der Waals surface area contributed by atoms with Crippen LogP contribution < -0.4 is 0 Å². The number of rotatable bonds is 6. The number of carbonyl (C=O) groups excluding carboxylic acids is 1. The normalized spacial score (nSPS) is 25.4. The third-order valence-corrected chi connectivity index (χ3v) is 3.58. The van der Waals surface area contributed by atoms with Gasteiger partial charge in [-0.3, -0.25) is 9.59 Å². The van der Waals surface area contributed by atoms with Crippen molar-refractivity contribution in [3.63, 3.8) is 0 Å². The largest absolute Gasteiger partial charge is 0.481 e. The summed E-state index contributed by atoms with van der Waals surface area (Å²) in [6.07, 6.45) is 0.767. The Balaban J connectivity index is 2.51. The second-order valence-electron chi connectivity index (χ2n) is 5.22. The summed E-state index contributed by atoms with van der Waals surface area (Å²) in [5.74, 6) is -1.87. The summed E-state index contributed by atoms with van der Waals surface area (Å²) in [5, 5.41) is 9.01. The van der Waals surface area contributed by atoms with Gasteiger partial charge in [0.2, 0.25) is 5.91 Å². The SMILES string of the molecule is COCCCN(C)C(=O)[C@H]1[C@@H](C(=O)O)C1(C)C. The molecule has 5 heteroatoms. The van der Waals surface area contributed by atoms with Crippen LogP contribution >= 0.6 is 0 Å². The van der Waals surface area contributed by atoms with Gasteiger partial charge in [0, 0.05) is 27.3 Å². The monoisotopic (exact) mass is 243 g/mol. The topological polar surface area (TPSA) is 66.8 Å². The second-order valence-corrected chi connectivity index (χ2v) is 5.22. The van der Waals surface area contributed by atoms with E-state index in [9.17, 15) is 9.59 Å². The lowest BCUT2D eigenvalue weighted by Gasteiger charge is -2.17. The number of amides is 1. The van der Waals surface area contributed by atoms with Gasteiger partial charge >= 0.3 is 5.97 Å². The molecule has 0 heterocycles. The molecule has 17 heavy (non-hydrogen) atoms. The van der Waals surface area contributed by atoms with E-state index >= 15 is 0 Å². The van der Waals surface area contributed by atoms with Gasteiger partial charge in [0.25, 0.3) is 0 Å². The van der Waals surface area contributed by atoms with E-state index < -0.39 is 17.3 Å². The van der Waals surface area contributed by atoms with Crippen LogP contribution in [-0.4, -0.2) is 49.2 Å². The smallest absolute Gasteiger partial charge is 0.307 e. The van der Waals surface area contributed by atoms with Crippen molar-refractivity contribution in [1.29, 1.82) is 0 Å². The fourth-order valence-corrected chi connectivity index (χ4v) is 2.35. The van der Waals surface area contributed by atoms with Gasteiger partial charge in [-0.15, -0.1) is 0 Å². The van der Waals surface area contributed by atoms with Crippen LogP contribution in [0, 0.1) is 17.3 Å². The van der Waals surface area contributed by atoms with Gasteiger partial charge in [-0.05, 0) is 11.8 Å². The fraction of sp³-hybridized carbons (Fsp3) is 0.833. The minimum Gasteiger partial charge on any atom is -0.481 e. The molecule has 0 aromatic carbocycles. The lowest BCUT2D eigenvalue weighted by molar-refractivity contribution is -0.141. The van der Waals surface area contributed by atoms with Crippen molar-refractivity contribution >= 4 is 11.9 Å². The summed E-state index contributed by atoms with van der Waals surface area (Å²) >= 11 is 0. The number of ether oxygens (including phenoxy) is 1. The highest BCUT2D eigenvalue weighted by molar-refractivity contribution is 5.91. The summed E-state index contributed by atoms with van der Waals surface area (Å²) < 4.78 is 4.92. The van der Waals surface area contributed by atoms with Crippen LogP contribution in [-0.2, 0) is 14.3 Å². The standard InChI is InChI=1S/C12H21NO4/c1-12(2)8(9(12)11(15)16)10(14)13(3)6-5-7-17-4/h8-9H,5-7H2,1-4H3,(H,15,16)/t8-,9+/m1/s1. The maximum atomic E-state index is 12.1. The van der Waals surface area contributed by atoms with E-state index in [-0.39, 0.29) is 11.8 Å². The summed E-state index contributed by atoms with van der Waals surface area (Å²) in [7, 11) is 3.33. The Morgan fingerprint density at radius 3 is 2.35 bits per heavy atom. The zero-order valence-corrected chi connectivity index (χ0v) is 10.9. The third-order valence-electron chi connectivity index (χ3n) is 3.58. The van der Waals surface area contributed by atoms with Crippen LogP contribution in [0.15, 0.2) is 0 Å². The van der Waals surface area contributed by atoms with Crippen LogP contribution in [0.2, 0.25) is 0 Å². The molecule has 0 saturated heterocycles. The number of nitrogens with zero attached hydrogens (tertiary/aromatic N) is 1. The first-order valence-electron chi connectivity index (χ1n) is 5.80. The minimum absolute atomic E-state index is 0.0708. The highest BCUT2D eigenvalue weighted by Gasteiger charge is 2.66. The molecule has 0 aromatic rings. The quantitative estimate of drug-likeness (QED) is 0.702.